The lowest BCUT2D eigenvalue weighted by Crippen LogP contribution is -2.43. The van der Waals surface area contributed by atoms with E-state index in [-0.39, 0.29) is 34.5 Å². The summed E-state index contributed by atoms with van der Waals surface area (Å²) in [5.41, 5.74) is 0.667. The normalized spacial score (nSPS) is 30.3. The maximum Gasteiger partial charge on any atom is 0.276 e. The molecule has 1 saturated heterocycles. The Morgan fingerprint density at radius 1 is 1.23 bits per heavy atom. The number of aliphatic hydroxyl groups excluding tert-OH is 1. The van der Waals surface area contributed by atoms with Crippen molar-refractivity contribution in [1.82, 2.24) is 14.1 Å². The number of aromatic nitrogens is 2. The van der Waals surface area contributed by atoms with E-state index in [4.69, 9.17) is 0 Å². The SMILES string of the molecule is CC(C)n1ccc(C(=O)Nc2cccc(S(=O)(=O)N3CC4CC5CC4C3C5O)c2)n1. The van der Waals surface area contributed by atoms with E-state index in [0.29, 0.717) is 18.2 Å². The van der Waals surface area contributed by atoms with Gasteiger partial charge in [-0.3, -0.25) is 9.48 Å². The van der Waals surface area contributed by atoms with Crippen LogP contribution in [0.2, 0.25) is 0 Å². The van der Waals surface area contributed by atoms with E-state index < -0.39 is 22.0 Å². The molecular weight excluding hydrogens is 404 g/mol. The van der Waals surface area contributed by atoms with Crippen molar-refractivity contribution in [2.24, 2.45) is 17.8 Å². The maximum absolute atomic E-state index is 13.4. The minimum atomic E-state index is -3.76. The minimum absolute atomic E-state index is 0.130. The van der Waals surface area contributed by atoms with Gasteiger partial charge in [0.2, 0.25) is 10.0 Å². The fourth-order valence-electron chi connectivity index (χ4n) is 5.45. The Hall–Kier alpha value is -2.23. The second kappa shape index (κ2) is 6.90. The Kier molecular flexibility index (Phi) is 4.53. The van der Waals surface area contributed by atoms with Gasteiger partial charge in [-0.05, 0) is 68.7 Å². The van der Waals surface area contributed by atoms with E-state index in [1.807, 2.05) is 13.8 Å². The van der Waals surface area contributed by atoms with Crippen LogP contribution in [-0.2, 0) is 10.0 Å². The van der Waals surface area contributed by atoms with Crippen molar-refractivity contribution in [2.75, 3.05) is 11.9 Å². The number of anilines is 1. The highest BCUT2D eigenvalue weighted by Gasteiger charge is 2.61. The Balaban J connectivity index is 1.37. The van der Waals surface area contributed by atoms with Gasteiger partial charge in [-0.2, -0.15) is 9.40 Å². The summed E-state index contributed by atoms with van der Waals surface area (Å²) in [5, 5.41) is 17.5. The molecule has 2 heterocycles. The number of hydrogen-bond acceptors (Lipinski definition) is 5. The Morgan fingerprint density at radius 3 is 2.73 bits per heavy atom. The smallest absolute Gasteiger partial charge is 0.276 e. The molecule has 1 amide bonds. The van der Waals surface area contributed by atoms with Crippen LogP contribution < -0.4 is 5.32 Å². The minimum Gasteiger partial charge on any atom is -0.391 e. The van der Waals surface area contributed by atoms with E-state index >= 15 is 0 Å². The van der Waals surface area contributed by atoms with Crippen LogP contribution in [-0.4, -0.2) is 52.2 Å². The van der Waals surface area contributed by atoms with Crippen LogP contribution >= 0.6 is 0 Å². The Morgan fingerprint density at radius 2 is 2.03 bits per heavy atom. The van der Waals surface area contributed by atoms with Crippen LogP contribution in [0, 0.1) is 17.8 Å². The standard InChI is InChI=1S/C21H26N4O4S/c1-12(2)24-7-6-18(23-24)21(27)22-15-4-3-5-16(10-15)30(28,29)25-11-14-8-13-9-17(14)19(25)20(13)26/h3-7,10,12-14,17,19-20,26H,8-9,11H2,1-2H3,(H,22,27). The number of nitrogens with zero attached hydrogens (tertiary/aromatic N) is 3. The van der Waals surface area contributed by atoms with Crippen molar-refractivity contribution in [3.8, 4) is 0 Å². The van der Waals surface area contributed by atoms with Gasteiger partial charge in [0.25, 0.3) is 5.91 Å². The first kappa shape index (κ1) is 19.7. The van der Waals surface area contributed by atoms with Crippen molar-refractivity contribution >= 4 is 21.6 Å². The molecule has 160 valence electrons. The molecule has 0 spiro atoms. The molecule has 0 radical (unpaired) electrons. The first-order valence-corrected chi connectivity index (χ1v) is 11.9. The van der Waals surface area contributed by atoms with Gasteiger partial charge < -0.3 is 10.4 Å². The number of fused-ring (bicyclic) bond motifs is 1. The molecule has 3 aliphatic rings. The zero-order valence-electron chi connectivity index (χ0n) is 17.0. The van der Waals surface area contributed by atoms with Crippen LogP contribution in [0.3, 0.4) is 0 Å². The third-order valence-electron chi connectivity index (χ3n) is 6.87. The second-order valence-corrected chi connectivity index (χ2v) is 10.9. The van der Waals surface area contributed by atoms with E-state index in [1.54, 1.807) is 29.1 Å². The van der Waals surface area contributed by atoms with E-state index in [1.165, 1.54) is 16.4 Å². The van der Waals surface area contributed by atoms with Crippen LogP contribution in [0.15, 0.2) is 41.4 Å². The molecule has 1 aromatic heterocycles. The summed E-state index contributed by atoms with van der Waals surface area (Å²) in [5.74, 6) is 0.439. The van der Waals surface area contributed by atoms with Crippen LogP contribution in [0.25, 0.3) is 0 Å². The predicted molar refractivity (Wildman–Crippen MR) is 110 cm³/mol. The monoisotopic (exact) mass is 430 g/mol. The number of amides is 1. The summed E-state index contributed by atoms with van der Waals surface area (Å²) in [7, 11) is -3.76. The van der Waals surface area contributed by atoms with E-state index in [2.05, 4.69) is 10.4 Å². The van der Waals surface area contributed by atoms with Crippen molar-refractivity contribution in [3.05, 3.63) is 42.2 Å². The molecule has 9 heteroatoms. The molecule has 2 saturated carbocycles. The molecule has 5 rings (SSSR count). The van der Waals surface area contributed by atoms with Crippen molar-refractivity contribution in [3.63, 3.8) is 0 Å². The zero-order chi connectivity index (χ0) is 21.2. The predicted octanol–water partition coefficient (Wildman–Crippen LogP) is 2.11. The average molecular weight is 431 g/mol. The van der Waals surface area contributed by atoms with Crippen molar-refractivity contribution in [2.45, 2.75) is 49.8 Å². The molecule has 2 bridgehead atoms. The summed E-state index contributed by atoms with van der Waals surface area (Å²) >= 11 is 0. The number of carbonyl (C=O) groups excluding carboxylic acids is 1. The number of rotatable bonds is 5. The summed E-state index contributed by atoms with van der Waals surface area (Å²) in [6, 6.07) is 7.74. The van der Waals surface area contributed by atoms with E-state index in [9.17, 15) is 18.3 Å². The molecule has 1 aliphatic heterocycles. The Bertz CT molecular complexity index is 1090. The fourth-order valence-corrected chi connectivity index (χ4v) is 7.23. The first-order chi connectivity index (χ1) is 14.3. The highest BCUT2D eigenvalue weighted by molar-refractivity contribution is 7.89. The van der Waals surface area contributed by atoms with Gasteiger partial charge in [0.05, 0.1) is 17.0 Å². The van der Waals surface area contributed by atoms with E-state index in [0.717, 1.165) is 12.8 Å². The zero-order valence-corrected chi connectivity index (χ0v) is 17.8. The number of nitrogens with one attached hydrogen (secondary N) is 1. The molecule has 5 unspecified atom stereocenters. The quantitative estimate of drug-likeness (QED) is 0.756. The molecule has 8 nitrogen and oxygen atoms in total. The molecule has 2 N–H and O–H groups in total. The van der Waals surface area contributed by atoms with Crippen LogP contribution in [0.4, 0.5) is 5.69 Å². The number of sulfonamides is 1. The number of benzene rings is 1. The number of carbonyl (C=O) groups is 1. The lowest BCUT2D eigenvalue weighted by Gasteiger charge is -2.28. The van der Waals surface area contributed by atoms with Gasteiger partial charge in [-0.15, -0.1) is 0 Å². The summed E-state index contributed by atoms with van der Waals surface area (Å²) in [6.07, 6.45) is 2.99. The van der Waals surface area contributed by atoms with Crippen LogP contribution in [0.5, 0.6) is 0 Å². The second-order valence-electron chi connectivity index (χ2n) is 8.97. The number of aliphatic hydroxyl groups is 1. The summed E-state index contributed by atoms with van der Waals surface area (Å²) in [4.78, 5) is 12.7. The average Bonchev–Trinajstić information content (AvgIpc) is 3.44. The van der Waals surface area contributed by atoms with Gasteiger partial charge in [0, 0.05) is 24.5 Å². The van der Waals surface area contributed by atoms with Gasteiger partial charge >= 0.3 is 0 Å². The third kappa shape index (κ3) is 2.99. The Labute approximate surface area is 175 Å². The highest BCUT2D eigenvalue weighted by Crippen LogP contribution is 2.56. The van der Waals surface area contributed by atoms with Gasteiger partial charge in [-0.1, -0.05) is 6.07 Å². The van der Waals surface area contributed by atoms with Gasteiger partial charge in [0.1, 0.15) is 0 Å². The molecule has 30 heavy (non-hydrogen) atoms. The third-order valence-corrected chi connectivity index (χ3v) is 8.73. The molecule has 3 fully saturated rings. The van der Waals surface area contributed by atoms with Crippen molar-refractivity contribution in [1.29, 1.82) is 0 Å². The van der Waals surface area contributed by atoms with Gasteiger partial charge in [-0.25, -0.2) is 8.42 Å². The molecule has 2 aromatic rings. The fraction of sp³-hybridized carbons (Fsp3) is 0.524. The molecule has 5 atom stereocenters. The van der Waals surface area contributed by atoms with Crippen LogP contribution in [0.1, 0.15) is 43.2 Å². The van der Waals surface area contributed by atoms with Gasteiger partial charge in [0.15, 0.2) is 5.69 Å². The lowest BCUT2D eigenvalue weighted by atomic mass is 9.88. The van der Waals surface area contributed by atoms with Crippen molar-refractivity contribution < 1.29 is 18.3 Å². The number of hydrogen-bond donors (Lipinski definition) is 2. The summed E-state index contributed by atoms with van der Waals surface area (Å²) < 4.78 is 29.9. The molecular formula is C21H26N4O4S. The first-order valence-electron chi connectivity index (χ1n) is 10.4. The topological polar surface area (TPSA) is 105 Å². The molecule has 2 aliphatic carbocycles. The highest BCUT2D eigenvalue weighted by atomic mass is 32.2. The summed E-state index contributed by atoms with van der Waals surface area (Å²) in [6.45, 7) is 4.41. The molecule has 1 aromatic carbocycles. The lowest BCUT2D eigenvalue weighted by molar-refractivity contribution is 0.0731. The maximum atomic E-state index is 13.4. The largest absolute Gasteiger partial charge is 0.391 e.